The van der Waals surface area contributed by atoms with E-state index >= 15 is 0 Å². The lowest BCUT2D eigenvalue weighted by Gasteiger charge is -2.21. The molecule has 0 radical (unpaired) electrons. The van der Waals surface area contributed by atoms with Crippen molar-refractivity contribution in [3.05, 3.63) is 0 Å². The molecule has 92 valence electrons. The normalized spacial score (nSPS) is 19.5. The van der Waals surface area contributed by atoms with E-state index in [4.69, 9.17) is 10.00 Å². The zero-order valence-corrected chi connectivity index (χ0v) is 10.3. The van der Waals surface area contributed by atoms with Gasteiger partial charge in [0.1, 0.15) is 5.54 Å². The smallest absolute Gasteiger partial charge is 0.213 e. The van der Waals surface area contributed by atoms with Crippen LogP contribution in [0, 0.1) is 11.3 Å². The number of ether oxygens (including phenoxy) is 1. The highest BCUT2D eigenvalue weighted by molar-refractivity contribution is 7.89. The summed E-state index contributed by atoms with van der Waals surface area (Å²) in [5.74, 6) is 0.0181. The van der Waals surface area contributed by atoms with Crippen LogP contribution in [0.2, 0.25) is 0 Å². The van der Waals surface area contributed by atoms with Crippen LogP contribution < -0.4 is 4.72 Å². The predicted octanol–water partition coefficient (Wildman–Crippen LogP) is 0.779. The summed E-state index contributed by atoms with van der Waals surface area (Å²) in [5, 5.41) is 9.05. The van der Waals surface area contributed by atoms with E-state index in [1.807, 2.05) is 0 Å². The predicted molar refractivity (Wildman–Crippen MR) is 60.2 cm³/mol. The van der Waals surface area contributed by atoms with Crippen molar-refractivity contribution < 1.29 is 13.2 Å². The van der Waals surface area contributed by atoms with Crippen molar-refractivity contribution in [1.29, 1.82) is 5.26 Å². The molecule has 1 rings (SSSR count). The molecule has 1 aliphatic rings. The van der Waals surface area contributed by atoms with Crippen molar-refractivity contribution >= 4 is 10.0 Å². The van der Waals surface area contributed by atoms with Crippen LogP contribution in [0.4, 0.5) is 0 Å². The van der Waals surface area contributed by atoms with E-state index in [-0.39, 0.29) is 5.75 Å². The highest BCUT2D eigenvalue weighted by atomic mass is 32.2. The van der Waals surface area contributed by atoms with Crippen LogP contribution in [0.5, 0.6) is 0 Å². The summed E-state index contributed by atoms with van der Waals surface area (Å²) in [6.07, 6.45) is 3.51. The topological polar surface area (TPSA) is 79.2 Å². The van der Waals surface area contributed by atoms with Gasteiger partial charge in [0.25, 0.3) is 0 Å². The maximum Gasteiger partial charge on any atom is 0.213 e. The van der Waals surface area contributed by atoms with E-state index in [2.05, 4.69) is 10.8 Å². The summed E-state index contributed by atoms with van der Waals surface area (Å²) in [7, 11) is -1.82. The molecule has 0 spiro atoms. The van der Waals surface area contributed by atoms with Gasteiger partial charge in [-0.2, -0.15) is 9.98 Å². The Morgan fingerprint density at radius 1 is 1.44 bits per heavy atom. The fourth-order valence-corrected chi connectivity index (χ4v) is 3.40. The Balaban J connectivity index is 2.54. The van der Waals surface area contributed by atoms with E-state index in [1.165, 1.54) is 7.11 Å². The van der Waals surface area contributed by atoms with Crippen molar-refractivity contribution in [2.45, 2.75) is 37.6 Å². The number of nitrogens with zero attached hydrogens (tertiary/aromatic N) is 1. The maximum absolute atomic E-state index is 11.7. The summed E-state index contributed by atoms with van der Waals surface area (Å²) in [6.45, 7) is 0.417. The molecule has 0 aromatic rings. The first-order chi connectivity index (χ1) is 7.54. The van der Waals surface area contributed by atoms with E-state index in [0.717, 1.165) is 12.8 Å². The van der Waals surface area contributed by atoms with Gasteiger partial charge in [-0.1, -0.05) is 12.8 Å². The van der Waals surface area contributed by atoms with Gasteiger partial charge in [0, 0.05) is 13.7 Å². The molecule has 0 bridgehead atoms. The molecule has 0 unspecified atom stereocenters. The number of rotatable bonds is 6. The standard InChI is InChI=1S/C10H18N2O3S/c1-15-7-4-8-16(13,14)12-10(9-11)5-2-3-6-10/h12H,2-8H2,1H3. The lowest BCUT2D eigenvalue weighted by Crippen LogP contribution is -2.46. The zero-order valence-electron chi connectivity index (χ0n) is 9.53. The fourth-order valence-electron chi connectivity index (χ4n) is 1.96. The average molecular weight is 246 g/mol. The van der Waals surface area contributed by atoms with Crippen molar-refractivity contribution in [2.75, 3.05) is 19.5 Å². The first-order valence-corrected chi connectivity index (χ1v) is 7.11. The number of methoxy groups -OCH3 is 1. The Hall–Kier alpha value is -0.640. The van der Waals surface area contributed by atoms with E-state index in [9.17, 15) is 8.42 Å². The molecule has 0 aromatic heterocycles. The van der Waals surface area contributed by atoms with Gasteiger partial charge in [-0.25, -0.2) is 8.42 Å². The molecule has 1 aliphatic carbocycles. The van der Waals surface area contributed by atoms with Crippen LogP contribution >= 0.6 is 0 Å². The molecule has 0 aliphatic heterocycles. The van der Waals surface area contributed by atoms with Crippen LogP contribution in [0.25, 0.3) is 0 Å². The number of sulfonamides is 1. The van der Waals surface area contributed by atoms with Crippen LogP contribution in [0.15, 0.2) is 0 Å². The molecule has 0 atom stereocenters. The van der Waals surface area contributed by atoms with Crippen molar-refractivity contribution in [3.8, 4) is 6.07 Å². The Labute approximate surface area is 96.8 Å². The van der Waals surface area contributed by atoms with Gasteiger partial charge >= 0.3 is 0 Å². The molecule has 0 saturated heterocycles. The second kappa shape index (κ2) is 5.62. The first kappa shape index (κ1) is 13.4. The first-order valence-electron chi connectivity index (χ1n) is 5.45. The van der Waals surface area contributed by atoms with Gasteiger partial charge < -0.3 is 4.74 Å². The van der Waals surface area contributed by atoms with Gasteiger partial charge in [-0.05, 0) is 19.3 Å². The number of nitrogens with one attached hydrogen (secondary N) is 1. The van der Waals surface area contributed by atoms with Crippen molar-refractivity contribution in [2.24, 2.45) is 0 Å². The Kier molecular flexibility index (Phi) is 4.71. The van der Waals surface area contributed by atoms with Gasteiger partial charge in [0.05, 0.1) is 11.8 Å². The van der Waals surface area contributed by atoms with Crippen molar-refractivity contribution in [1.82, 2.24) is 4.72 Å². The van der Waals surface area contributed by atoms with Crippen LogP contribution in [-0.4, -0.2) is 33.4 Å². The van der Waals surface area contributed by atoms with Gasteiger partial charge in [0.2, 0.25) is 10.0 Å². The molecule has 0 aromatic carbocycles. The van der Waals surface area contributed by atoms with E-state index in [1.54, 1.807) is 0 Å². The molecule has 1 saturated carbocycles. The minimum Gasteiger partial charge on any atom is -0.385 e. The number of nitriles is 1. The summed E-state index contributed by atoms with van der Waals surface area (Å²) in [4.78, 5) is 0. The van der Waals surface area contributed by atoms with Crippen LogP contribution in [0.3, 0.4) is 0 Å². The Morgan fingerprint density at radius 2 is 2.06 bits per heavy atom. The molecule has 1 N–H and O–H groups in total. The fraction of sp³-hybridized carbons (Fsp3) is 0.900. The molecule has 0 heterocycles. The van der Waals surface area contributed by atoms with Crippen molar-refractivity contribution in [3.63, 3.8) is 0 Å². The summed E-state index contributed by atoms with van der Waals surface area (Å²) in [5.41, 5.74) is -0.855. The largest absolute Gasteiger partial charge is 0.385 e. The summed E-state index contributed by atoms with van der Waals surface area (Å²) < 4.78 is 30.7. The van der Waals surface area contributed by atoms with Crippen LogP contribution in [-0.2, 0) is 14.8 Å². The summed E-state index contributed by atoms with van der Waals surface area (Å²) in [6, 6.07) is 2.10. The SMILES string of the molecule is COCCCS(=O)(=O)NC1(C#N)CCCC1. The molecule has 16 heavy (non-hydrogen) atoms. The average Bonchev–Trinajstić information content (AvgIpc) is 2.66. The third-order valence-corrected chi connectivity index (χ3v) is 4.31. The quantitative estimate of drug-likeness (QED) is 0.702. The highest BCUT2D eigenvalue weighted by Gasteiger charge is 2.37. The molecular weight excluding hydrogens is 228 g/mol. The van der Waals surface area contributed by atoms with E-state index in [0.29, 0.717) is 25.9 Å². The second-order valence-electron chi connectivity index (χ2n) is 4.17. The minimum atomic E-state index is -3.36. The Morgan fingerprint density at radius 3 is 2.56 bits per heavy atom. The monoisotopic (exact) mass is 246 g/mol. The van der Waals surface area contributed by atoms with Gasteiger partial charge in [0.15, 0.2) is 0 Å². The third-order valence-electron chi connectivity index (χ3n) is 2.78. The van der Waals surface area contributed by atoms with Gasteiger partial charge in [-0.3, -0.25) is 0 Å². The second-order valence-corrected chi connectivity index (χ2v) is 6.01. The summed E-state index contributed by atoms with van der Waals surface area (Å²) >= 11 is 0. The maximum atomic E-state index is 11.7. The minimum absolute atomic E-state index is 0.0181. The van der Waals surface area contributed by atoms with Gasteiger partial charge in [-0.15, -0.1) is 0 Å². The molecule has 0 amide bonds. The zero-order chi connectivity index (χ0) is 12.1. The third kappa shape index (κ3) is 3.74. The number of hydrogen-bond donors (Lipinski definition) is 1. The molecule has 1 fully saturated rings. The number of hydrogen-bond acceptors (Lipinski definition) is 4. The molecule has 6 heteroatoms. The highest BCUT2D eigenvalue weighted by Crippen LogP contribution is 2.29. The lowest BCUT2D eigenvalue weighted by atomic mass is 10.0. The Bertz CT molecular complexity index is 353. The van der Waals surface area contributed by atoms with Crippen LogP contribution in [0.1, 0.15) is 32.1 Å². The van der Waals surface area contributed by atoms with E-state index < -0.39 is 15.6 Å². The molecule has 5 nitrogen and oxygen atoms in total. The lowest BCUT2D eigenvalue weighted by molar-refractivity contribution is 0.199. The molecular formula is C10H18N2O3S.